The molecule has 0 heterocycles. The third-order valence-corrected chi connectivity index (χ3v) is 4.21. The van der Waals surface area contributed by atoms with Gasteiger partial charge in [-0.15, -0.1) is 0 Å². The fourth-order valence-corrected chi connectivity index (χ4v) is 2.71. The molecule has 2 rings (SSSR count). The Hall–Kier alpha value is -2.03. The Kier molecular flexibility index (Phi) is 6.45. The highest BCUT2D eigenvalue weighted by atomic mass is 19.1. The molecule has 0 aliphatic heterocycles. The van der Waals surface area contributed by atoms with Gasteiger partial charge in [0.25, 0.3) is 0 Å². The van der Waals surface area contributed by atoms with Gasteiger partial charge in [0.1, 0.15) is 17.3 Å². The number of methoxy groups -OCH3 is 2. The summed E-state index contributed by atoms with van der Waals surface area (Å²) in [6.45, 7) is 2.23. The van der Waals surface area contributed by atoms with Crippen molar-refractivity contribution in [3.05, 3.63) is 59.4 Å². The first-order valence-electron chi connectivity index (χ1n) is 8.09. The second kappa shape index (κ2) is 8.56. The minimum Gasteiger partial charge on any atom is -0.497 e. The van der Waals surface area contributed by atoms with Crippen molar-refractivity contribution in [1.82, 2.24) is 0 Å². The van der Waals surface area contributed by atoms with E-state index in [0.29, 0.717) is 5.92 Å². The molecule has 0 bridgehead atoms. The molecule has 23 heavy (non-hydrogen) atoms. The number of halogens is 1. The molecular weight excluding hydrogens is 291 g/mol. The maximum atomic E-state index is 12.9. The predicted molar refractivity (Wildman–Crippen MR) is 91.9 cm³/mol. The summed E-state index contributed by atoms with van der Waals surface area (Å²) in [5.74, 6) is 1.94. The van der Waals surface area contributed by atoms with Gasteiger partial charge >= 0.3 is 0 Å². The van der Waals surface area contributed by atoms with E-state index < -0.39 is 0 Å². The van der Waals surface area contributed by atoms with Gasteiger partial charge in [0, 0.05) is 6.07 Å². The van der Waals surface area contributed by atoms with Gasteiger partial charge in [-0.2, -0.15) is 0 Å². The van der Waals surface area contributed by atoms with Gasteiger partial charge in [-0.3, -0.25) is 0 Å². The summed E-state index contributed by atoms with van der Waals surface area (Å²) < 4.78 is 23.5. The van der Waals surface area contributed by atoms with Crippen LogP contribution in [0.15, 0.2) is 42.5 Å². The summed E-state index contributed by atoms with van der Waals surface area (Å²) in [7, 11) is 3.35. The van der Waals surface area contributed by atoms with Crippen LogP contribution in [0.1, 0.15) is 43.2 Å². The van der Waals surface area contributed by atoms with E-state index in [1.165, 1.54) is 23.3 Å². The van der Waals surface area contributed by atoms with E-state index >= 15 is 0 Å². The molecule has 0 aromatic heterocycles. The number of aryl methyl sites for hydroxylation is 1. The third-order valence-electron chi connectivity index (χ3n) is 4.21. The fourth-order valence-electron chi connectivity index (χ4n) is 2.71. The molecule has 0 saturated heterocycles. The Bertz CT molecular complexity index is 585. The van der Waals surface area contributed by atoms with Crippen molar-refractivity contribution >= 4 is 0 Å². The second-order valence-electron chi connectivity index (χ2n) is 5.92. The van der Waals surface area contributed by atoms with E-state index in [1.54, 1.807) is 14.2 Å². The van der Waals surface area contributed by atoms with Gasteiger partial charge < -0.3 is 9.47 Å². The van der Waals surface area contributed by atoms with Crippen LogP contribution in [-0.4, -0.2) is 14.2 Å². The maximum Gasteiger partial charge on any atom is 0.123 e. The van der Waals surface area contributed by atoms with Crippen LogP contribution in [0.5, 0.6) is 11.5 Å². The summed E-state index contributed by atoms with van der Waals surface area (Å²) in [6.07, 6.45) is 4.35. The molecule has 0 unspecified atom stereocenters. The highest BCUT2D eigenvalue weighted by molar-refractivity contribution is 5.39. The predicted octanol–water partition coefficient (Wildman–Crippen LogP) is 5.36. The van der Waals surface area contributed by atoms with Gasteiger partial charge in [-0.25, -0.2) is 4.39 Å². The molecule has 124 valence electrons. The number of unbranched alkanes of at least 4 members (excludes halogenated alkanes) is 1. The van der Waals surface area contributed by atoms with Gasteiger partial charge in [0.15, 0.2) is 0 Å². The summed E-state index contributed by atoms with van der Waals surface area (Å²) >= 11 is 0. The Labute approximate surface area is 138 Å². The first kappa shape index (κ1) is 17.3. The smallest absolute Gasteiger partial charge is 0.123 e. The monoisotopic (exact) mass is 316 g/mol. The van der Waals surface area contributed by atoms with Crippen LogP contribution >= 0.6 is 0 Å². The fraction of sp³-hybridized carbons (Fsp3) is 0.400. The van der Waals surface area contributed by atoms with Crippen LogP contribution in [0, 0.1) is 5.82 Å². The van der Waals surface area contributed by atoms with Crippen LogP contribution in [0.25, 0.3) is 0 Å². The number of hydrogen-bond acceptors (Lipinski definition) is 2. The molecular formula is C20H25FO2. The molecule has 0 aliphatic carbocycles. The quantitative estimate of drug-likeness (QED) is 0.610. The van der Waals surface area contributed by atoms with Crippen molar-refractivity contribution in [2.45, 2.75) is 38.5 Å². The average molecular weight is 316 g/mol. The number of ether oxygens (including phenoxy) is 2. The molecule has 0 amide bonds. The highest BCUT2D eigenvalue weighted by Crippen LogP contribution is 2.30. The van der Waals surface area contributed by atoms with Crippen molar-refractivity contribution < 1.29 is 13.9 Å². The van der Waals surface area contributed by atoms with Crippen LogP contribution in [0.4, 0.5) is 4.39 Å². The summed E-state index contributed by atoms with van der Waals surface area (Å²) in [4.78, 5) is 0. The van der Waals surface area contributed by atoms with Crippen molar-refractivity contribution in [2.75, 3.05) is 14.2 Å². The van der Waals surface area contributed by atoms with Crippen molar-refractivity contribution in [3.63, 3.8) is 0 Å². The largest absolute Gasteiger partial charge is 0.497 e. The van der Waals surface area contributed by atoms with Crippen molar-refractivity contribution in [1.29, 1.82) is 0 Å². The lowest BCUT2D eigenvalue weighted by atomic mass is 9.94. The van der Waals surface area contributed by atoms with E-state index in [1.807, 2.05) is 18.2 Å². The lowest BCUT2D eigenvalue weighted by Crippen LogP contribution is -1.97. The van der Waals surface area contributed by atoms with Gasteiger partial charge in [-0.05, 0) is 60.6 Å². The molecule has 2 nitrogen and oxygen atoms in total. The van der Waals surface area contributed by atoms with Crippen molar-refractivity contribution in [2.24, 2.45) is 0 Å². The number of benzene rings is 2. The van der Waals surface area contributed by atoms with Gasteiger partial charge in [0.2, 0.25) is 0 Å². The molecule has 0 radical (unpaired) electrons. The Morgan fingerprint density at radius 1 is 0.913 bits per heavy atom. The van der Waals surface area contributed by atoms with Crippen LogP contribution < -0.4 is 9.47 Å². The molecule has 0 spiro atoms. The van der Waals surface area contributed by atoms with Crippen LogP contribution in [-0.2, 0) is 6.42 Å². The molecule has 2 aromatic rings. The standard InChI is InChI=1S/C20H25FO2/c1-15(17-12-19(22-2)14-20(13-17)23-3)6-4-5-7-16-8-10-18(21)11-9-16/h8-15H,4-7H2,1-3H3/t15-/m1/s1. The topological polar surface area (TPSA) is 18.5 Å². The zero-order chi connectivity index (χ0) is 16.7. The third kappa shape index (κ3) is 5.27. The lowest BCUT2D eigenvalue weighted by Gasteiger charge is -2.14. The van der Waals surface area contributed by atoms with E-state index in [0.717, 1.165) is 37.2 Å². The first-order chi connectivity index (χ1) is 11.1. The average Bonchev–Trinajstić information content (AvgIpc) is 2.59. The van der Waals surface area contributed by atoms with Crippen LogP contribution in [0.2, 0.25) is 0 Å². The maximum absolute atomic E-state index is 12.9. The zero-order valence-corrected chi connectivity index (χ0v) is 14.1. The number of hydrogen-bond donors (Lipinski definition) is 0. The Morgan fingerprint density at radius 3 is 2.09 bits per heavy atom. The first-order valence-corrected chi connectivity index (χ1v) is 8.09. The highest BCUT2D eigenvalue weighted by Gasteiger charge is 2.09. The van der Waals surface area contributed by atoms with E-state index in [9.17, 15) is 4.39 Å². The van der Waals surface area contributed by atoms with Crippen LogP contribution in [0.3, 0.4) is 0 Å². The molecule has 3 heteroatoms. The number of rotatable bonds is 8. The molecule has 0 aliphatic rings. The second-order valence-corrected chi connectivity index (χ2v) is 5.92. The Morgan fingerprint density at radius 2 is 1.52 bits per heavy atom. The molecule has 0 saturated carbocycles. The van der Waals surface area contributed by atoms with E-state index in [4.69, 9.17) is 9.47 Å². The molecule has 0 fully saturated rings. The van der Waals surface area contributed by atoms with E-state index in [-0.39, 0.29) is 5.82 Å². The molecule has 2 aromatic carbocycles. The normalized spacial score (nSPS) is 12.0. The minimum atomic E-state index is -0.172. The van der Waals surface area contributed by atoms with Gasteiger partial charge in [0.05, 0.1) is 14.2 Å². The van der Waals surface area contributed by atoms with Gasteiger partial charge in [-0.1, -0.05) is 25.5 Å². The summed E-state index contributed by atoms with van der Waals surface area (Å²) in [5.41, 5.74) is 2.44. The summed E-state index contributed by atoms with van der Waals surface area (Å²) in [5, 5.41) is 0. The molecule has 1 atom stereocenters. The SMILES string of the molecule is COc1cc(OC)cc([C@H](C)CCCCc2ccc(F)cc2)c1. The minimum absolute atomic E-state index is 0.172. The van der Waals surface area contributed by atoms with Crippen molar-refractivity contribution in [3.8, 4) is 11.5 Å². The van der Waals surface area contributed by atoms with E-state index in [2.05, 4.69) is 19.1 Å². The zero-order valence-electron chi connectivity index (χ0n) is 14.1. The lowest BCUT2D eigenvalue weighted by molar-refractivity contribution is 0.392. The Balaban J connectivity index is 1.84. The molecule has 0 N–H and O–H groups in total. The summed E-state index contributed by atoms with van der Waals surface area (Å²) in [6, 6.07) is 12.8.